The summed E-state index contributed by atoms with van der Waals surface area (Å²) < 4.78 is 15.7. The molecular formula is C30H32ClN3O5. The predicted octanol–water partition coefficient (Wildman–Crippen LogP) is 5.17. The molecular weight excluding hydrogens is 518 g/mol. The van der Waals surface area contributed by atoms with Gasteiger partial charge >= 0.3 is 12.2 Å². The molecule has 0 saturated heterocycles. The minimum Gasteiger partial charge on any atom is -0.447 e. The summed E-state index contributed by atoms with van der Waals surface area (Å²) in [4.78, 5) is 30.8. The molecule has 0 saturated carbocycles. The number of allylic oxidation sites excluding steroid dienone is 1. The van der Waals surface area contributed by atoms with Crippen LogP contribution in [0.3, 0.4) is 0 Å². The number of anilines is 1. The smallest absolute Gasteiger partial charge is 0.416 e. The van der Waals surface area contributed by atoms with Crippen LogP contribution in [0.25, 0.3) is 12.2 Å². The predicted molar refractivity (Wildman–Crippen MR) is 152 cm³/mol. The van der Waals surface area contributed by atoms with Crippen molar-refractivity contribution < 1.29 is 23.8 Å². The van der Waals surface area contributed by atoms with E-state index in [9.17, 15) is 9.59 Å². The van der Waals surface area contributed by atoms with Crippen LogP contribution in [0.1, 0.15) is 36.7 Å². The molecule has 9 heteroatoms. The van der Waals surface area contributed by atoms with Gasteiger partial charge in [0.1, 0.15) is 18.4 Å². The van der Waals surface area contributed by atoms with Gasteiger partial charge in [0.25, 0.3) is 0 Å². The number of aromatic amines is 1. The Bertz CT molecular complexity index is 1460. The van der Waals surface area contributed by atoms with Crippen molar-refractivity contribution in [2.24, 2.45) is 0 Å². The first kappa shape index (κ1) is 28.0. The lowest BCUT2D eigenvalue weighted by Crippen LogP contribution is -2.43. The van der Waals surface area contributed by atoms with E-state index in [0.29, 0.717) is 36.0 Å². The number of halogens is 1. The number of nitrogens with zero attached hydrogens (tertiary/aromatic N) is 1. The molecule has 0 spiro atoms. The summed E-state index contributed by atoms with van der Waals surface area (Å²) in [6, 6.07) is 13.6. The maximum absolute atomic E-state index is 13.5. The summed E-state index contributed by atoms with van der Waals surface area (Å²) in [6.07, 6.45) is 3.69. The number of hydrogen-bond donors (Lipinski definition) is 2. The number of aromatic nitrogens is 1. The average Bonchev–Trinajstić information content (AvgIpc) is 3.27. The highest BCUT2D eigenvalue weighted by Gasteiger charge is 2.35. The van der Waals surface area contributed by atoms with E-state index >= 15 is 0 Å². The van der Waals surface area contributed by atoms with E-state index < -0.39 is 18.2 Å². The van der Waals surface area contributed by atoms with Crippen molar-refractivity contribution in [1.29, 1.82) is 0 Å². The van der Waals surface area contributed by atoms with Gasteiger partial charge in [-0.1, -0.05) is 48.0 Å². The first-order valence-electron chi connectivity index (χ1n) is 12.6. The Morgan fingerprint density at radius 1 is 1.15 bits per heavy atom. The molecule has 2 N–H and O–H groups in total. The molecule has 4 rings (SSSR count). The largest absolute Gasteiger partial charge is 0.447 e. The SMILES string of the molecule is C=C(C)/C=c1/c2c([nH]/c1=C/C)C(c1ccc(NC(=O)OCCOC)cc1)N(C(=O)Oc1ccc(Cl)cc1)CC2. The van der Waals surface area contributed by atoms with Gasteiger partial charge in [-0.15, -0.1) is 0 Å². The van der Waals surface area contributed by atoms with Crippen LogP contribution in [0.5, 0.6) is 5.75 Å². The Balaban J connectivity index is 1.69. The maximum Gasteiger partial charge on any atom is 0.416 e. The Kier molecular flexibility index (Phi) is 9.11. The normalized spacial score (nSPS) is 15.6. The first-order chi connectivity index (χ1) is 18.8. The van der Waals surface area contributed by atoms with Crippen molar-refractivity contribution in [3.05, 3.63) is 93.1 Å². The van der Waals surface area contributed by atoms with Crippen molar-refractivity contribution in [2.75, 3.05) is 32.2 Å². The van der Waals surface area contributed by atoms with Crippen LogP contribution in [0.2, 0.25) is 5.02 Å². The highest BCUT2D eigenvalue weighted by Crippen LogP contribution is 2.34. The van der Waals surface area contributed by atoms with Crippen molar-refractivity contribution in [3.8, 4) is 5.75 Å². The van der Waals surface area contributed by atoms with Gasteiger partial charge in [0.05, 0.1) is 6.61 Å². The molecule has 3 aromatic rings. The van der Waals surface area contributed by atoms with Crippen LogP contribution >= 0.6 is 11.6 Å². The van der Waals surface area contributed by atoms with Gasteiger partial charge in [-0.2, -0.15) is 0 Å². The molecule has 1 aliphatic rings. The number of carbonyl (C=O) groups is 2. The zero-order chi connectivity index (χ0) is 27.9. The number of hydrogen-bond acceptors (Lipinski definition) is 5. The van der Waals surface area contributed by atoms with Gasteiger partial charge < -0.3 is 19.2 Å². The van der Waals surface area contributed by atoms with Crippen molar-refractivity contribution in [2.45, 2.75) is 26.3 Å². The molecule has 2 amide bonds. The van der Waals surface area contributed by atoms with E-state index in [2.05, 4.69) is 23.0 Å². The molecule has 2 aromatic carbocycles. The topological polar surface area (TPSA) is 92.9 Å². The Labute approximate surface area is 232 Å². The van der Waals surface area contributed by atoms with Gasteiger partial charge in [0.2, 0.25) is 0 Å². The summed E-state index contributed by atoms with van der Waals surface area (Å²) in [5, 5.41) is 5.31. The number of benzene rings is 2. The van der Waals surface area contributed by atoms with E-state index in [4.69, 9.17) is 25.8 Å². The summed E-state index contributed by atoms with van der Waals surface area (Å²) >= 11 is 5.99. The van der Waals surface area contributed by atoms with Gasteiger partial charge in [0, 0.05) is 40.6 Å². The second-order valence-corrected chi connectivity index (χ2v) is 9.60. The van der Waals surface area contributed by atoms with Crippen molar-refractivity contribution in [1.82, 2.24) is 9.88 Å². The van der Waals surface area contributed by atoms with Crippen LogP contribution in [-0.4, -0.2) is 48.9 Å². The minimum absolute atomic E-state index is 0.156. The molecule has 2 heterocycles. The zero-order valence-electron chi connectivity index (χ0n) is 22.3. The molecule has 0 aliphatic carbocycles. The third kappa shape index (κ3) is 6.71. The van der Waals surface area contributed by atoms with Crippen molar-refractivity contribution >= 4 is 41.6 Å². The second kappa shape index (κ2) is 12.7. The average molecular weight is 550 g/mol. The van der Waals surface area contributed by atoms with Gasteiger partial charge in [-0.3, -0.25) is 10.2 Å². The standard InChI is InChI=1S/C30H32ClN3O5/c1-5-26-25(18-19(2)3)24-14-15-34(30(36)39-23-12-8-21(31)9-13-23)28(27(24)33-26)20-6-10-22(11-7-20)32-29(35)38-17-16-37-4/h5-13,18,28,33H,2,14-17H2,1,3-4H3,(H,32,35)/b25-18-,26-5+. The Morgan fingerprint density at radius 3 is 2.51 bits per heavy atom. The number of rotatable bonds is 7. The molecule has 8 nitrogen and oxygen atoms in total. The highest BCUT2D eigenvalue weighted by molar-refractivity contribution is 6.30. The number of fused-ring (bicyclic) bond motifs is 1. The monoisotopic (exact) mass is 549 g/mol. The van der Waals surface area contributed by atoms with Crippen LogP contribution in [0, 0.1) is 0 Å². The number of methoxy groups -OCH3 is 1. The third-order valence-corrected chi connectivity index (χ3v) is 6.58. The number of H-pyrrole nitrogens is 1. The van der Waals surface area contributed by atoms with Crippen molar-refractivity contribution in [3.63, 3.8) is 0 Å². The molecule has 204 valence electrons. The minimum atomic E-state index is -0.569. The maximum atomic E-state index is 13.5. The number of amides is 2. The quantitative estimate of drug-likeness (QED) is 0.397. The van der Waals surface area contributed by atoms with Gasteiger partial charge in [-0.25, -0.2) is 9.59 Å². The molecule has 1 unspecified atom stereocenters. The zero-order valence-corrected chi connectivity index (χ0v) is 23.0. The van der Waals surface area contributed by atoms with E-state index in [1.165, 1.54) is 7.11 Å². The van der Waals surface area contributed by atoms with E-state index in [0.717, 1.165) is 33.0 Å². The number of nitrogens with one attached hydrogen (secondary N) is 2. The summed E-state index contributed by atoms with van der Waals surface area (Å²) in [5.41, 5.74) is 4.41. The van der Waals surface area contributed by atoms with E-state index in [-0.39, 0.29) is 6.61 Å². The first-order valence-corrected chi connectivity index (χ1v) is 13.0. The summed E-state index contributed by atoms with van der Waals surface area (Å²) in [7, 11) is 1.54. The summed E-state index contributed by atoms with van der Waals surface area (Å²) in [6.45, 7) is 8.91. The van der Waals surface area contributed by atoms with E-state index in [1.54, 1.807) is 41.3 Å². The molecule has 0 bridgehead atoms. The molecule has 1 aliphatic heterocycles. The lowest BCUT2D eigenvalue weighted by molar-refractivity contribution is 0.107. The van der Waals surface area contributed by atoms with Crippen LogP contribution in [0.4, 0.5) is 15.3 Å². The fourth-order valence-electron chi connectivity index (χ4n) is 4.58. The molecule has 0 radical (unpaired) electrons. The lowest BCUT2D eigenvalue weighted by Gasteiger charge is -2.35. The highest BCUT2D eigenvalue weighted by atomic mass is 35.5. The fraction of sp³-hybridized carbons (Fsp3) is 0.267. The van der Waals surface area contributed by atoms with Gasteiger partial charge in [0.15, 0.2) is 0 Å². The third-order valence-electron chi connectivity index (χ3n) is 6.32. The van der Waals surface area contributed by atoms with Crippen LogP contribution in [0.15, 0.2) is 60.7 Å². The lowest BCUT2D eigenvalue weighted by atomic mass is 9.93. The molecule has 1 atom stereocenters. The van der Waals surface area contributed by atoms with Crippen LogP contribution < -0.4 is 20.6 Å². The number of carbonyl (C=O) groups excluding carboxylic acids is 2. The molecule has 1 aromatic heterocycles. The second-order valence-electron chi connectivity index (χ2n) is 9.17. The van der Waals surface area contributed by atoms with Gasteiger partial charge in [-0.05, 0) is 67.8 Å². The molecule has 39 heavy (non-hydrogen) atoms. The Hall–Kier alpha value is -4.01. The fourth-order valence-corrected chi connectivity index (χ4v) is 4.71. The summed E-state index contributed by atoms with van der Waals surface area (Å²) in [5.74, 6) is 0.408. The van der Waals surface area contributed by atoms with E-state index in [1.807, 2.05) is 32.1 Å². The Morgan fingerprint density at radius 2 is 1.87 bits per heavy atom. The molecule has 0 fully saturated rings. The van der Waals surface area contributed by atoms with Crippen LogP contribution in [-0.2, 0) is 15.9 Å². The number of ether oxygens (including phenoxy) is 3.